The summed E-state index contributed by atoms with van der Waals surface area (Å²) in [7, 11) is 0. The van der Waals surface area contributed by atoms with Crippen LogP contribution in [0.4, 0.5) is 11.4 Å². The van der Waals surface area contributed by atoms with Gasteiger partial charge >= 0.3 is 0 Å². The lowest BCUT2D eigenvalue weighted by atomic mass is 10.1. The summed E-state index contributed by atoms with van der Waals surface area (Å²) in [6.45, 7) is 7.60. The molecule has 0 aliphatic carbocycles. The van der Waals surface area contributed by atoms with Crippen LogP contribution in [0.5, 0.6) is 11.5 Å². The highest BCUT2D eigenvalue weighted by atomic mass is 16.6. The number of Topliss-reactive ketones (excluding diaryl/α,β-unsaturated/α-hetero) is 1. The van der Waals surface area contributed by atoms with E-state index in [-0.39, 0.29) is 23.5 Å². The zero-order valence-electron chi connectivity index (χ0n) is 24.3. The second-order valence-electron chi connectivity index (χ2n) is 10.2. The Morgan fingerprint density at radius 2 is 1.77 bits per heavy atom. The molecule has 13 nitrogen and oxygen atoms in total. The first-order valence-corrected chi connectivity index (χ1v) is 13.9. The second kappa shape index (κ2) is 11.9. The topological polar surface area (TPSA) is 195 Å². The average Bonchev–Trinajstić information content (AvgIpc) is 3.53. The van der Waals surface area contributed by atoms with E-state index in [2.05, 4.69) is 10.4 Å². The number of hydrogen-bond acceptors (Lipinski definition) is 9. The van der Waals surface area contributed by atoms with Gasteiger partial charge in [-0.2, -0.15) is 5.10 Å². The van der Waals surface area contributed by atoms with Gasteiger partial charge in [-0.3, -0.25) is 19.1 Å². The van der Waals surface area contributed by atoms with Crippen molar-refractivity contribution < 1.29 is 23.9 Å². The van der Waals surface area contributed by atoms with Crippen LogP contribution in [0, 0.1) is 13.8 Å². The summed E-state index contributed by atoms with van der Waals surface area (Å²) < 4.78 is 15.0. The maximum Gasteiger partial charge on any atom is 0.252 e. The van der Waals surface area contributed by atoms with Crippen LogP contribution >= 0.6 is 0 Å². The smallest absolute Gasteiger partial charge is 0.252 e. The molecular formula is C30H34N8O5. The van der Waals surface area contributed by atoms with E-state index in [0.717, 1.165) is 16.8 Å². The summed E-state index contributed by atoms with van der Waals surface area (Å²) in [5, 5.41) is 7.62. The monoisotopic (exact) mass is 586 g/mol. The molecule has 5 rings (SSSR count). The van der Waals surface area contributed by atoms with E-state index in [1.54, 1.807) is 22.9 Å². The van der Waals surface area contributed by atoms with Crippen LogP contribution in [0.2, 0.25) is 0 Å². The molecular weight excluding hydrogens is 552 g/mol. The van der Waals surface area contributed by atoms with Crippen molar-refractivity contribution in [1.29, 1.82) is 0 Å². The number of anilines is 2. The maximum absolute atomic E-state index is 13.4. The van der Waals surface area contributed by atoms with Crippen molar-refractivity contribution >= 4 is 40.0 Å². The number of nitrogens with zero attached hydrogens (tertiary/aromatic N) is 4. The molecule has 0 saturated heterocycles. The van der Waals surface area contributed by atoms with Gasteiger partial charge in [0.15, 0.2) is 17.3 Å². The normalized spacial score (nSPS) is 12.6. The molecule has 0 spiro atoms. The van der Waals surface area contributed by atoms with E-state index >= 15 is 0 Å². The summed E-state index contributed by atoms with van der Waals surface area (Å²) >= 11 is 0. The van der Waals surface area contributed by atoms with Crippen molar-refractivity contribution in [2.45, 2.75) is 40.3 Å². The minimum absolute atomic E-state index is 0.0451. The minimum Gasteiger partial charge on any atom is -0.485 e. The highest BCUT2D eigenvalue weighted by molar-refractivity contribution is 6.00. The number of benzene rings is 2. The van der Waals surface area contributed by atoms with Gasteiger partial charge in [0.1, 0.15) is 30.4 Å². The number of ether oxygens (including phenoxy) is 2. The number of aromatic nitrogens is 4. The first-order valence-electron chi connectivity index (χ1n) is 13.9. The quantitative estimate of drug-likeness (QED) is 0.116. The Labute approximate surface area is 247 Å². The number of fused-ring (bicyclic) bond motifs is 2. The predicted octanol–water partition coefficient (Wildman–Crippen LogP) is 2.51. The van der Waals surface area contributed by atoms with Gasteiger partial charge in [-0.1, -0.05) is 12.2 Å². The van der Waals surface area contributed by atoms with Gasteiger partial charge in [0.2, 0.25) is 5.91 Å². The van der Waals surface area contributed by atoms with Crippen LogP contribution < -0.4 is 32.0 Å². The molecule has 0 saturated carbocycles. The zero-order valence-corrected chi connectivity index (χ0v) is 24.3. The van der Waals surface area contributed by atoms with Crippen molar-refractivity contribution in [3.63, 3.8) is 0 Å². The van der Waals surface area contributed by atoms with Gasteiger partial charge in [-0.05, 0) is 50.6 Å². The third kappa shape index (κ3) is 5.73. The predicted molar refractivity (Wildman–Crippen MR) is 162 cm³/mol. The Balaban J connectivity index is 1.41. The van der Waals surface area contributed by atoms with Gasteiger partial charge in [0, 0.05) is 25.2 Å². The lowest BCUT2D eigenvalue weighted by Crippen LogP contribution is -2.22. The highest BCUT2D eigenvalue weighted by Gasteiger charge is 2.25. The third-order valence-electron chi connectivity index (χ3n) is 7.16. The number of hydrogen-bond donors (Lipinski definition) is 4. The summed E-state index contributed by atoms with van der Waals surface area (Å²) in [5.74, 6) is -0.158. The van der Waals surface area contributed by atoms with Gasteiger partial charge < -0.3 is 36.6 Å². The molecule has 0 fully saturated rings. The molecule has 13 heteroatoms. The van der Waals surface area contributed by atoms with Crippen LogP contribution in [-0.4, -0.2) is 56.7 Å². The van der Waals surface area contributed by atoms with Crippen LogP contribution in [-0.2, 0) is 19.5 Å². The second-order valence-corrected chi connectivity index (χ2v) is 10.2. The standard InChI is InChI=1S/C30H34N8O5/c1-4-38-22(12-17(3)36-38)23(39)15-24-35-21-13-18(29(32)40)11-16(2)26(21)37(24)8-6-5-7-34-25-20(31)14-19(30(33)41)27-28(25)43-10-9-42-27/h5-6,11-14,34H,4,7-10,15,31H2,1-3H3,(H2,32,40)(H2,33,41)/b6-5+. The van der Waals surface area contributed by atoms with Crippen LogP contribution in [0.25, 0.3) is 11.0 Å². The molecule has 4 aromatic rings. The summed E-state index contributed by atoms with van der Waals surface area (Å²) in [6.07, 6.45) is 3.88. The number of primary amides is 2. The lowest BCUT2D eigenvalue weighted by molar-refractivity contribution is 0.0974. The molecule has 0 atom stereocenters. The maximum atomic E-state index is 13.4. The van der Waals surface area contributed by atoms with Gasteiger partial charge in [-0.25, -0.2) is 4.98 Å². The summed E-state index contributed by atoms with van der Waals surface area (Å²) in [5.41, 5.74) is 22.0. The summed E-state index contributed by atoms with van der Waals surface area (Å²) in [6, 6.07) is 6.61. The summed E-state index contributed by atoms with van der Waals surface area (Å²) in [4.78, 5) is 41.9. The number of carbonyl (C=O) groups is 3. The molecule has 7 N–H and O–H groups in total. The Morgan fingerprint density at radius 3 is 2.47 bits per heavy atom. The van der Waals surface area contributed by atoms with E-state index in [1.165, 1.54) is 6.07 Å². The first kappa shape index (κ1) is 29.2. The highest BCUT2D eigenvalue weighted by Crippen LogP contribution is 2.44. The number of nitrogen functional groups attached to an aromatic ring is 1. The number of ketones is 1. The Kier molecular flexibility index (Phi) is 8.06. The molecule has 1 aliphatic heterocycles. The van der Waals surface area contributed by atoms with E-state index in [9.17, 15) is 14.4 Å². The van der Waals surface area contributed by atoms with Crippen molar-refractivity contribution in [3.8, 4) is 11.5 Å². The zero-order chi connectivity index (χ0) is 30.8. The van der Waals surface area contributed by atoms with Crippen molar-refractivity contribution in [1.82, 2.24) is 19.3 Å². The number of aryl methyl sites for hydroxylation is 3. The molecule has 0 radical (unpaired) electrons. The van der Waals surface area contributed by atoms with Gasteiger partial charge in [-0.15, -0.1) is 0 Å². The Morgan fingerprint density at radius 1 is 1.02 bits per heavy atom. The fraction of sp³-hybridized carbons (Fsp3) is 0.300. The first-order chi connectivity index (χ1) is 20.6. The fourth-order valence-corrected chi connectivity index (χ4v) is 5.26. The fourth-order valence-electron chi connectivity index (χ4n) is 5.26. The lowest BCUT2D eigenvalue weighted by Gasteiger charge is -2.24. The molecule has 1 aliphatic rings. The van der Waals surface area contributed by atoms with Gasteiger partial charge in [0.05, 0.1) is 34.4 Å². The van der Waals surface area contributed by atoms with Crippen molar-refractivity contribution in [3.05, 3.63) is 70.3 Å². The Hall–Kier alpha value is -5.33. The number of nitrogens with one attached hydrogen (secondary N) is 1. The van der Waals surface area contributed by atoms with E-state index in [1.807, 2.05) is 37.5 Å². The van der Waals surface area contributed by atoms with E-state index in [4.69, 9.17) is 31.7 Å². The Bertz CT molecular complexity index is 1790. The molecule has 224 valence electrons. The molecule has 43 heavy (non-hydrogen) atoms. The average molecular weight is 587 g/mol. The number of carbonyl (C=O) groups excluding carboxylic acids is 3. The largest absolute Gasteiger partial charge is 0.485 e. The number of amides is 2. The molecule has 2 aromatic carbocycles. The molecule has 2 amide bonds. The van der Waals surface area contributed by atoms with Crippen LogP contribution in [0.1, 0.15) is 55.2 Å². The van der Waals surface area contributed by atoms with Crippen LogP contribution in [0.15, 0.2) is 36.4 Å². The third-order valence-corrected chi connectivity index (χ3v) is 7.16. The van der Waals surface area contributed by atoms with Crippen molar-refractivity contribution in [2.75, 3.05) is 30.8 Å². The number of rotatable bonds is 11. The van der Waals surface area contributed by atoms with Crippen LogP contribution in [0.3, 0.4) is 0 Å². The van der Waals surface area contributed by atoms with Gasteiger partial charge in [0.25, 0.3) is 5.91 Å². The molecule has 0 bridgehead atoms. The number of imidazole rings is 1. The SMILES string of the molecule is CCn1nc(C)cc1C(=O)Cc1nc2cc(C(N)=O)cc(C)c2n1C/C=C/CNc1c(N)cc(C(N)=O)c2c1OCCO2. The van der Waals surface area contributed by atoms with E-state index < -0.39 is 11.8 Å². The molecule has 3 heterocycles. The number of nitrogens with two attached hydrogens (primary N) is 3. The minimum atomic E-state index is -0.658. The van der Waals surface area contributed by atoms with Crippen molar-refractivity contribution in [2.24, 2.45) is 11.5 Å². The molecule has 2 aromatic heterocycles. The molecule has 0 unspecified atom stereocenters. The van der Waals surface area contributed by atoms with E-state index in [0.29, 0.717) is 72.6 Å². The number of allylic oxidation sites excluding steroid dienone is 1.